The van der Waals surface area contributed by atoms with Crippen LogP contribution in [0.3, 0.4) is 0 Å². The molecule has 3 rings (SSSR count). The molecular formula is C17H22FNO4. The van der Waals surface area contributed by atoms with Crippen molar-refractivity contribution in [2.75, 3.05) is 19.8 Å². The van der Waals surface area contributed by atoms with Gasteiger partial charge in [-0.1, -0.05) is 13.3 Å². The molecule has 2 heterocycles. The number of amides is 1. The number of benzene rings is 1. The van der Waals surface area contributed by atoms with E-state index in [0.29, 0.717) is 30.9 Å². The van der Waals surface area contributed by atoms with Crippen LogP contribution >= 0.6 is 0 Å². The number of halogens is 1. The van der Waals surface area contributed by atoms with Crippen molar-refractivity contribution in [3.63, 3.8) is 0 Å². The number of carbonyl (C=O) groups is 1. The third-order valence-corrected chi connectivity index (χ3v) is 4.41. The van der Waals surface area contributed by atoms with Gasteiger partial charge < -0.3 is 19.5 Å². The second kappa shape index (κ2) is 6.35. The number of hydrogen-bond donors (Lipinski definition) is 1. The molecule has 0 unspecified atom stereocenters. The Kier molecular flexibility index (Phi) is 4.43. The van der Waals surface area contributed by atoms with Gasteiger partial charge in [-0.25, -0.2) is 4.39 Å². The molecule has 1 amide bonds. The Morgan fingerprint density at radius 1 is 1.52 bits per heavy atom. The van der Waals surface area contributed by atoms with Crippen molar-refractivity contribution in [2.45, 2.75) is 45.3 Å². The standard InChI is InChI=1S/C17H22FNO4/c1-3-4-5-22-16-14-13(6-10(2)15(16)18)23-9-11-7-12(20)8-19(11)17(14)21/h6,11-12,20H,3-5,7-9H2,1-2H3/t11-,12+/m1/s1. The summed E-state index contributed by atoms with van der Waals surface area (Å²) >= 11 is 0. The molecule has 1 N–H and O–H groups in total. The molecule has 2 aliphatic heterocycles. The van der Waals surface area contributed by atoms with Gasteiger partial charge in [-0.15, -0.1) is 0 Å². The topological polar surface area (TPSA) is 59.0 Å². The number of aliphatic hydroxyl groups is 1. The summed E-state index contributed by atoms with van der Waals surface area (Å²) in [6.45, 7) is 4.54. The third-order valence-electron chi connectivity index (χ3n) is 4.41. The zero-order valence-electron chi connectivity index (χ0n) is 13.5. The zero-order chi connectivity index (χ0) is 16.6. The monoisotopic (exact) mass is 323 g/mol. The first-order chi connectivity index (χ1) is 11.0. The summed E-state index contributed by atoms with van der Waals surface area (Å²) in [5.74, 6) is -0.510. The molecule has 1 aromatic carbocycles. The molecule has 0 spiro atoms. The first kappa shape index (κ1) is 16.1. The molecule has 2 atom stereocenters. The smallest absolute Gasteiger partial charge is 0.261 e. The van der Waals surface area contributed by atoms with Crippen LogP contribution in [0.15, 0.2) is 6.07 Å². The number of ether oxygens (including phenoxy) is 2. The highest BCUT2D eigenvalue weighted by Gasteiger charge is 2.40. The largest absolute Gasteiger partial charge is 0.490 e. The Morgan fingerprint density at radius 2 is 2.30 bits per heavy atom. The maximum Gasteiger partial charge on any atom is 0.261 e. The normalized spacial score (nSPS) is 23.1. The van der Waals surface area contributed by atoms with E-state index < -0.39 is 11.9 Å². The minimum absolute atomic E-state index is 0.0273. The molecule has 1 aromatic rings. The van der Waals surface area contributed by atoms with E-state index in [1.165, 1.54) is 0 Å². The number of hydrogen-bond acceptors (Lipinski definition) is 4. The minimum Gasteiger partial charge on any atom is -0.490 e. The van der Waals surface area contributed by atoms with Crippen LogP contribution in [0.2, 0.25) is 0 Å². The maximum absolute atomic E-state index is 14.5. The molecular weight excluding hydrogens is 301 g/mol. The molecule has 126 valence electrons. The van der Waals surface area contributed by atoms with E-state index in [9.17, 15) is 14.3 Å². The van der Waals surface area contributed by atoms with E-state index >= 15 is 0 Å². The van der Waals surface area contributed by atoms with Crippen LogP contribution in [-0.4, -0.2) is 47.8 Å². The molecule has 5 nitrogen and oxygen atoms in total. The third kappa shape index (κ3) is 2.87. The highest BCUT2D eigenvalue weighted by atomic mass is 19.1. The van der Waals surface area contributed by atoms with E-state index in [1.807, 2.05) is 6.92 Å². The van der Waals surface area contributed by atoms with Crippen LogP contribution in [0.1, 0.15) is 42.1 Å². The Morgan fingerprint density at radius 3 is 3.04 bits per heavy atom. The van der Waals surface area contributed by atoms with E-state index in [0.717, 1.165) is 12.8 Å². The van der Waals surface area contributed by atoms with Crippen molar-refractivity contribution >= 4 is 5.91 Å². The summed E-state index contributed by atoms with van der Waals surface area (Å²) in [4.78, 5) is 14.4. The predicted octanol–water partition coefficient (Wildman–Crippen LogP) is 2.28. The minimum atomic E-state index is -0.561. The SMILES string of the molecule is CCCCOc1c(F)c(C)cc2c1C(=O)N1C[C@@H](O)C[C@@H]1CO2. The molecule has 23 heavy (non-hydrogen) atoms. The molecule has 6 heteroatoms. The van der Waals surface area contributed by atoms with Gasteiger partial charge in [0, 0.05) is 6.54 Å². The number of aliphatic hydroxyl groups excluding tert-OH is 1. The lowest BCUT2D eigenvalue weighted by Crippen LogP contribution is -2.37. The Labute approximate surface area is 135 Å². The number of aryl methyl sites for hydroxylation is 1. The highest BCUT2D eigenvalue weighted by Crippen LogP contribution is 2.38. The number of carbonyl (C=O) groups excluding carboxylic acids is 1. The zero-order valence-corrected chi connectivity index (χ0v) is 13.5. The van der Waals surface area contributed by atoms with E-state index in [2.05, 4.69) is 0 Å². The molecule has 2 aliphatic rings. The Bertz CT molecular complexity index is 619. The Hall–Kier alpha value is -1.82. The summed E-state index contributed by atoms with van der Waals surface area (Å²) in [7, 11) is 0. The van der Waals surface area contributed by atoms with Crippen molar-refractivity contribution in [1.29, 1.82) is 0 Å². The lowest BCUT2D eigenvalue weighted by atomic mass is 10.1. The van der Waals surface area contributed by atoms with Crippen molar-refractivity contribution in [2.24, 2.45) is 0 Å². The molecule has 1 fully saturated rings. The van der Waals surface area contributed by atoms with Crippen molar-refractivity contribution in [3.05, 3.63) is 23.0 Å². The first-order valence-corrected chi connectivity index (χ1v) is 8.10. The van der Waals surface area contributed by atoms with Gasteiger partial charge in [0.2, 0.25) is 0 Å². The molecule has 0 radical (unpaired) electrons. The lowest BCUT2D eigenvalue weighted by molar-refractivity contribution is 0.0705. The molecule has 0 aromatic heterocycles. The van der Waals surface area contributed by atoms with Crippen LogP contribution in [0, 0.1) is 12.7 Å². The van der Waals surface area contributed by atoms with Gasteiger partial charge >= 0.3 is 0 Å². The van der Waals surface area contributed by atoms with Gasteiger partial charge in [0.05, 0.1) is 18.8 Å². The van der Waals surface area contributed by atoms with Crippen LogP contribution < -0.4 is 9.47 Å². The van der Waals surface area contributed by atoms with E-state index in [1.54, 1.807) is 17.9 Å². The fourth-order valence-corrected chi connectivity index (χ4v) is 3.13. The summed E-state index contributed by atoms with van der Waals surface area (Å²) < 4.78 is 25.9. The Balaban J connectivity index is 2.02. The summed E-state index contributed by atoms with van der Waals surface area (Å²) in [6, 6.07) is 1.37. The van der Waals surface area contributed by atoms with Gasteiger partial charge in [0.15, 0.2) is 11.6 Å². The van der Waals surface area contributed by atoms with Gasteiger partial charge in [-0.05, 0) is 31.4 Å². The molecule has 0 bridgehead atoms. The average molecular weight is 323 g/mol. The molecule has 0 saturated carbocycles. The molecule has 0 aliphatic carbocycles. The predicted molar refractivity (Wildman–Crippen MR) is 82.5 cm³/mol. The van der Waals surface area contributed by atoms with Crippen LogP contribution in [0.5, 0.6) is 11.5 Å². The van der Waals surface area contributed by atoms with Gasteiger partial charge in [0.1, 0.15) is 17.9 Å². The fraction of sp³-hybridized carbons (Fsp3) is 0.588. The number of unbranched alkanes of at least 4 members (excludes halogenated alkanes) is 1. The van der Waals surface area contributed by atoms with E-state index in [-0.39, 0.29) is 29.8 Å². The summed E-state index contributed by atoms with van der Waals surface area (Å²) in [5, 5.41) is 9.80. The first-order valence-electron chi connectivity index (χ1n) is 8.10. The summed E-state index contributed by atoms with van der Waals surface area (Å²) in [5.41, 5.74) is 0.533. The summed E-state index contributed by atoms with van der Waals surface area (Å²) in [6.07, 6.45) is 1.62. The van der Waals surface area contributed by atoms with Crippen LogP contribution in [0.4, 0.5) is 4.39 Å². The van der Waals surface area contributed by atoms with Crippen molar-refractivity contribution < 1.29 is 23.8 Å². The maximum atomic E-state index is 14.5. The van der Waals surface area contributed by atoms with Crippen molar-refractivity contribution in [1.82, 2.24) is 4.90 Å². The van der Waals surface area contributed by atoms with E-state index in [4.69, 9.17) is 9.47 Å². The number of fused-ring (bicyclic) bond motifs is 2. The quantitative estimate of drug-likeness (QED) is 0.864. The fourth-order valence-electron chi connectivity index (χ4n) is 3.13. The second-order valence-corrected chi connectivity index (χ2v) is 6.22. The van der Waals surface area contributed by atoms with Crippen molar-refractivity contribution in [3.8, 4) is 11.5 Å². The van der Waals surface area contributed by atoms with Gasteiger partial charge in [-0.2, -0.15) is 0 Å². The molecule has 1 saturated heterocycles. The van der Waals surface area contributed by atoms with Crippen LogP contribution in [0.25, 0.3) is 0 Å². The second-order valence-electron chi connectivity index (χ2n) is 6.22. The highest BCUT2D eigenvalue weighted by molar-refractivity contribution is 6.00. The average Bonchev–Trinajstić information content (AvgIpc) is 2.84. The number of rotatable bonds is 4. The number of nitrogens with zero attached hydrogens (tertiary/aromatic N) is 1. The van der Waals surface area contributed by atoms with Crippen LogP contribution in [-0.2, 0) is 0 Å². The lowest BCUT2D eigenvalue weighted by Gasteiger charge is -2.21. The van der Waals surface area contributed by atoms with Gasteiger partial charge in [-0.3, -0.25) is 4.79 Å². The van der Waals surface area contributed by atoms with Gasteiger partial charge in [0.25, 0.3) is 5.91 Å².